The van der Waals surface area contributed by atoms with Crippen LogP contribution >= 0.6 is 11.8 Å². The average molecular weight is 369 g/mol. The number of nitrogens with zero attached hydrogens (tertiary/aromatic N) is 3. The van der Waals surface area contributed by atoms with Gasteiger partial charge in [-0.15, -0.1) is 10.2 Å². The van der Waals surface area contributed by atoms with Gasteiger partial charge in [-0.05, 0) is 24.3 Å². The van der Waals surface area contributed by atoms with Gasteiger partial charge < -0.3 is 15.6 Å². The van der Waals surface area contributed by atoms with Gasteiger partial charge in [-0.25, -0.2) is 17.8 Å². The van der Waals surface area contributed by atoms with E-state index in [-0.39, 0.29) is 16.7 Å². The molecule has 1 amide bonds. The topological polar surface area (TPSA) is 99.0 Å². The molecule has 3 N–H and O–H groups in total. The lowest BCUT2D eigenvalue weighted by Crippen LogP contribution is -2.17. The lowest BCUT2D eigenvalue weighted by molar-refractivity contribution is -0.113. The van der Waals surface area contributed by atoms with Crippen molar-refractivity contribution in [3.63, 3.8) is 0 Å². The van der Waals surface area contributed by atoms with E-state index in [2.05, 4.69) is 15.5 Å². The molecule has 25 heavy (non-hydrogen) atoms. The minimum atomic E-state index is -1.66. The summed E-state index contributed by atoms with van der Waals surface area (Å²) in [6, 6.07) is 4.94. The Labute approximate surface area is 143 Å². The molecule has 0 unspecified atom stereocenters. The highest BCUT2D eigenvalue weighted by Crippen LogP contribution is 2.23. The summed E-state index contributed by atoms with van der Waals surface area (Å²) in [6.45, 7) is 0. The van der Waals surface area contributed by atoms with Crippen LogP contribution in [0.5, 0.6) is 0 Å². The molecule has 0 aliphatic heterocycles. The number of rotatable bonds is 5. The van der Waals surface area contributed by atoms with Crippen LogP contribution in [-0.2, 0) is 4.79 Å². The highest BCUT2D eigenvalue weighted by Gasteiger charge is 2.18. The van der Waals surface area contributed by atoms with Crippen LogP contribution in [0.3, 0.4) is 0 Å². The van der Waals surface area contributed by atoms with Crippen molar-refractivity contribution in [3.05, 3.63) is 48.0 Å². The number of halogens is 3. The highest BCUT2D eigenvalue weighted by molar-refractivity contribution is 7.99. The molecular weight excluding hydrogens is 359 g/mol. The molecule has 0 bridgehead atoms. The molecule has 2 aromatic heterocycles. The van der Waals surface area contributed by atoms with Crippen molar-refractivity contribution in [2.45, 2.75) is 5.16 Å². The number of carbonyl (C=O) groups excluding carboxylic acids is 1. The third kappa shape index (κ3) is 3.45. The first-order valence-electron chi connectivity index (χ1n) is 6.78. The van der Waals surface area contributed by atoms with Crippen LogP contribution in [0.4, 0.5) is 18.9 Å². The van der Waals surface area contributed by atoms with Crippen LogP contribution in [0.25, 0.3) is 11.6 Å². The molecule has 0 aliphatic rings. The van der Waals surface area contributed by atoms with Crippen molar-refractivity contribution < 1.29 is 22.4 Å². The zero-order chi connectivity index (χ0) is 18.0. The number of nitrogens with two attached hydrogens (primary N) is 1. The maximum Gasteiger partial charge on any atom is 0.234 e. The molecule has 11 heteroatoms. The summed E-state index contributed by atoms with van der Waals surface area (Å²) < 4.78 is 45.8. The number of aromatic nitrogens is 3. The minimum absolute atomic E-state index is 0.202. The molecule has 3 rings (SSSR count). The molecule has 0 saturated heterocycles. The maximum atomic E-state index is 13.5. The second-order valence-electron chi connectivity index (χ2n) is 4.71. The third-order valence-electron chi connectivity index (χ3n) is 3.05. The summed E-state index contributed by atoms with van der Waals surface area (Å²) in [5.41, 5.74) is -0.463. The second-order valence-corrected chi connectivity index (χ2v) is 5.66. The van der Waals surface area contributed by atoms with Gasteiger partial charge >= 0.3 is 0 Å². The summed E-state index contributed by atoms with van der Waals surface area (Å²) in [5.74, 6) is 1.16. The fourth-order valence-electron chi connectivity index (χ4n) is 1.89. The Morgan fingerprint density at radius 3 is 2.76 bits per heavy atom. The van der Waals surface area contributed by atoms with E-state index in [0.29, 0.717) is 11.8 Å². The Hall–Kier alpha value is -2.95. The summed E-state index contributed by atoms with van der Waals surface area (Å²) in [7, 11) is 0. The number of anilines is 1. The number of thioether (sulfide) groups is 1. The number of benzene rings is 1. The van der Waals surface area contributed by atoms with Crippen molar-refractivity contribution >= 4 is 23.4 Å². The predicted molar refractivity (Wildman–Crippen MR) is 83.5 cm³/mol. The number of furan rings is 1. The smallest absolute Gasteiger partial charge is 0.234 e. The fraction of sp³-hybridized carbons (Fsp3) is 0.0714. The second kappa shape index (κ2) is 6.89. The monoisotopic (exact) mass is 369 g/mol. The molecule has 7 nitrogen and oxygen atoms in total. The first-order valence-corrected chi connectivity index (χ1v) is 7.76. The number of amides is 1. The molecular formula is C14H10F3N5O2S. The molecule has 0 radical (unpaired) electrons. The normalized spacial score (nSPS) is 10.8. The van der Waals surface area contributed by atoms with Crippen LogP contribution in [0.1, 0.15) is 0 Å². The summed E-state index contributed by atoms with van der Waals surface area (Å²) in [6.07, 6.45) is 1.45. The summed E-state index contributed by atoms with van der Waals surface area (Å²) >= 11 is 0.926. The number of hydrogen-bond donors (Lipinski definition) is 2. The first kappa shape index (κ1) is 16.9. The molecule has 3 aromatic rings. The van der Waals surface area contributed by atoms with Crippen molar-refractivity contribution in [2.75, 3.05) is 16.9 Å². The SMILES string of the molecule is Nn1c(SCC(=O)Nc2ccc(F)c(F)c2F)nnc1-c1ccco1. The standard InChI is InChI=1S/C14H10F3N5O2S/c15-7-3-4-8(12(17)11(7)16)19-10(23)6-25-14-21-20-13(22(14)18)9-2-1-5-24-9/h1-5H,6,18H2,(H,19,23). The zero-order valence-corrected chi connectivity index (χ0v) is 13.2. The number of hydrogen-bond acceptors (Lipinski definition) is 6. The molecule has 2 heterocycles. The van der Waals surface area contributed by atoms with E-state index in [4.69, 9.17) is 10.3 Å². The molecule has 0 saturated carbocycles. The first-order chi connectivity index (χ1) is 12.0. The highest BCUT2D eigenvalue weighted by atomic mass is 32.2. The average Bonchev–Trinajstić information content (AvgIpc) is 3.23. The van der Waals surface area contributed by atoms with Gasteiger partial charge in [0.15, 0.2) is 23.2 Å². The van der Waals surface area contributed by atoms with Crippen molar-refractivity contribution in [2.24, 2.45) is 0 Å². The number of carbonyl (C=O) groups is 1. The van der Waals surface area contributed by atoms with Gasteiger partial charge in [0, 0.05) is 0 Å². The van der Waals surface area contributed by atoms with Gasteiger partial charge in [-0.3, -0.25) is 4.79 Å². The Morgan fingerprint density at radius 2 is 2.04 bits per heavy atom. The van der Waals surface area contributed by atoms with E-state index in [1.807, 2.05) is 0 Å². The Kier molecular flexibility index (Phi) is 4.65. The van der Waals surface area contributed by atoms with Gasteiger partial charge in [0.05, 0.1) is 17.7 Å². The summed E-state index contributed by atoms with van der Waals surface area (Å²) in [4.78, 5) is 11.8. The lowest BCUT2D eigenvalue weighted by atomic mass is 10.3. The van der Waals surface area contributed by atoms with Gasteiger partial charge in [0.25, 0.3) is 0 Å². The Bertz CT molecular complexity index is 914. The maximum absolute atomic E-state index is 13.5. The van der Waals surface area contributed by atoms with E-state index >= 15 is 0 Å². The number of nitrogen functional groups attached to an aromatic ring is 1. The van der Waals surface area contributed by atoms with Gasteiger partial charge in [0.1, 0.15) is 0 Å². The van der Waals surface area contributed by atoms with E-state index in [1.165, 1.54) is 6.26 Å². The van der Waals surface area contributed by atoms with Crippen LogP contribution in [-0.4, -0.2) is 26.5 Å². The van der Waals surface area contributed by atoms with Crippen molar-refractivity contribution in [3.8, 4) is 11.6 Å². The molecule has 0 aliphatic carbocycles. The van der Waals surface area contributed by atoms with Gasteiger partial charge in [-0.2, -0.15) is 0 Å². The van der Waals surface area contributed by atoms with Crippen molar-refractivity contribution in [1.29, 1.82) is 0 Å². The third-order valence-corrected chi connectivity index (χ3v) is 3.99. The predicted octanol–water partition coefficient (Wildman–Crippen LogP) is 2.40. The van der Waals surface area contributed by atoms with Crippen LogP contribution in [0.15, 0.2) is 40.1 Å². The minimum Gasteiger partial charge on any atom is -0.461 e. The Balaban J connectivity index is 1.65. The summed E-state index contributed by atoms with van der Waals surface area (Å²) in [5, 5.41) is 10.0. The van der Waals surface area contributed by atoms with E-state index in [1.54, 1.807) is 12.1 Å². The quantitative estimate of drug-likeness (QED) is 0.407. The molecule has 0 fully saturated rings. The van der Waals surface area contributed by atoms with Gasteiger partial charge in [0.2, 0.25) is 16.9 Å². The largest absolute Gasteiger partial charge is 0.461 e. The fourth-order valence-corrected chi connectivity index (χ4v) is 2.54. The van der Waals surface area contributed by atoms with Crippen molar-refractivity contribution in [1.82, 2.24) is 14.9 Å². The van der Waals surface area contributed by atoms with E-state index in [9.17, 15) is 18.0 Å². The molecule has 1 aromatic carbocycles. The van der Waals surface area contributed by atoms with E-state index < -0.39 is 29.0 Å². The van der Waals surface area contributed by atoms with Crippen LogP contribution in [0.2, 0.25) is 0 Å². The molecule has 0 spiro atoms. The number of nitrogens with one attached hydrogen (secondary N) is 1. The molecule has 130 valence electrons. The Morgan fingerprint density at radius 1 is 1.24 bits per heavy atom. The molecule has 0 atom stereocenters. The van der Waals surface area contributed by atoms with Crippen LogP contribution in [0, 0.1) is 17.5 Å². The van der Waals surface area contributed by atoms with Gasteiger partial charge in [-0.1, -0.05) is 11.8 Å². The van der Waals surface area contributed by atoms with E-state index in [0.717, 1.165) is 22.5 Å². The lowest BCUT2D eigenvalue weighted by Gasteiger charge is -2.07. The van der Waals surface area contributed by atoms with Crippen LogP contribution < -0.4 is 11.2 Å². The zero-order valence-electron chi connectivity index (χ0n) is 12.4.